The van der Waals surface area contributed by atoms with Gasteiger partial charge in [0.15, 0.2) is 12.0 Å². The fraction of sp³-hybridized carbons (Fsp3) is 0.476. The zero-order valence-electron chi connectivity index (χ0n) is 16.6. The van der Waals surface area contributed by atoms with E-state index in [4.69, 9.17) is 14.2 Å². The summed E-state index contributed by atoms with van der Waals surface area (Å²) in [6.07, 6.45) is 10.3. The molecule has 1 saturated heterocycles. The summed E-state index contributed by atoms with van der Waals surface area (Å²) in [5.41, 5.74) is 4.19. The van der Waals surface area contributed by atoms with E-state index in [9.17, 15) is 9.90 Å². The molecular weight excluding hydrogens is 374 g/mol. The second-order valence-corrected chi connectivity index (χ2v) is 12.8. The van der Waals surface area contributed by atoms with E-state index >= 15 is 0 Å². The van der Waals surface area contributed by atoms with Crippen LogP contribution in [0.2, 0.25) is 19.6 Å². The van der Waals surface area contributed by atoms with E-state index in [-0.39, 0.29) is 6.10 Å². The van der Waals surface area contributed by atoms with Gasteiger partial charge >= 0.3 is 6.09 Å². The highest BCUT2D eigenvalue weighted by atomic mass is 28.3. The Morgan fingerprint density at radius 3 is 2.89 bits per heavy atom. The van der Waals surface area contributed by atoms with Crippen LogP contribution in [0.4, 0.5) is 4.79 Å². The number of aliphatic hydroxyl groups excluding tert-OH is 1. The number of hydrogen-bond donors (Lipinski definition) is 1. The molecule has 1 N–H and O–H groups in total. The molecule has 7 heteroatoms. The van der Waals surface area contributed by atoms with Crippen LogP contribution in [-0.2, 0) is 14.2 Å². The van der Waals surface area contributed by atoms with Gasteiger partial charge in [0, 0.05) is 0 Å². The van der Waals surface area contributed by atoms with E-state index < -0.39 is 20.3 Å². The normalized spacial score (nSPS) is 22.7. The molecule has 0 spiro atoms. The number of nitrogens with zero attached hydrogens (tertiary/aromatic N) is 1. The Morgan fingerprint density at radius 1 is 1.36 bits per heavy atom. The molecule has 0 radical (unpaired) electrons. The van der Waals surface area contributed by atoms with Gasteiger partial charge in [-0.15, -0.1) is 5.54 Å². The smallest absolute Gasteiger partial charge is 0.417 e. The van der Waals surface area contributed by atoms with Crippen molar-refractivity contribution in [2.24, 2.45) is 0 Å². The van der Waals surface area contributed by atoms with Crippen LogP contribution in [-0.4, -0.2) is 42.9 Å². The third kappa shape index (κ3) is 5.53. The lowest BCUT2D eigenvalue weighted by molar-refractivity contribution is 0.112. The van der Waals surface area contributed by atoms with Crippen LogP contribution >= 0.6 is 0 Å². The van der Waals surface area contributed by atoms with Crippen LogP contribution in [0.5, 0.6) is 0 Å². The first-order valence-corrected chi connectivity index (χ1v) is 13.1. The highest BCUT2D eigenvalue weighted by Gasteiger charge is 2.36. The van der Waals surface area contributed by atoms with Crippen molar-refractivity contribution in [2.45, 2.75) is 57.5 Å². The highest BCUT2D eigenvalue weighted by Crippen LogP contribution is 2.30. The average molecular weight is 402 g/mol. The Labute approximate surface area is 167 Å². The van der Waals surface area contributed by atoms with Crippen molar-refractivity contribution in [2.75, 3.05) is 6.54 Å². The topological polar surface area (TPSA) is 68.2 Å². The third-order valence-corrected chi connectivity index (χ3v) is 5.30. The van der Waals surface area contributed by atoms with Crippen molar-refractivity contribution >= 4 is 14.2 Å². The quantitative estimate of drug-likeness (QED) is 0.561. The lowest BCUT2D eigenvalue weighted by atomic mass is 10.0. The first kappa shape index (κ1) is 20.3. The average Bonchev–Trinajstić information content (AvgIpc) is 3.06. The van der Waals surface area contributed by atoms with Crippen molar-refractivity contribution in [3.05, 3.63) is 48.0 Å². The lowest BCUT2D eigenvalue weighted by Crippen LogP contribution is -2.27. The van der Waals surface area contributed by atoms with Crippen molar-refractivity contribution in [1.82, 2.24) is 4.90 Å². The van der Waals surface area contributed by atoms with Crippen LogP contribution in [0.1, 0.15) is 25.7 Å². The van der Waals surface area contributed by atoms with Crippen LogP contribution in [0.3, 0.4) is 0 Å². The predicted molar refractivity (Wildman–Crippen MR) is 108 cm³/mol. The van der Waals surface area contributed by atoms with E-state index in [1.807, 2.05) is 12.2 Å². The van der Waals surface area contributed by atoms with Gasteiger partial charge in [-0.05, 0) is 31.3 Å². The summed E-state index contributed by atoms with van der Waals surface area (Å²) in [4.78, 5) is 13.7. The van der Waals surface area contributed by atoms with E-state index in [2.05, 4.69) is 37.2 Å². The van der Waals surface area contributed by atoms with E-state index in [1.54, 1.807) is 6.26 Å². The van der Waals surface area contributed by atoms with E-state index in [1.165, 1.54) is 11.2 Å². The fourth-order valence-electron chi connectivity index (χ4n) is 2.95. The van der Waals surface area contributed by atoms with Gasteiger partial charge in [0.1, 0.15) is 26.5 Å². The largest absolute Gasteiger partial charge is 0.463 e. The van der Waals surface area contributed by atoms with E-state index in [0.29, 0.717) is 31.0 Å². The number of rotatable bonds is 5. The van der Waals surface area contributed by atoms with Gasteiger partial charge < -0.3 is 19.3 Å². The van der Waals surface area contributed by atoms with Gasteiger partial charge in [-0.2, -0.15) is 0 Å². The van der Waals surface area contributed by atoms with Gasteiger partial charge in [-0.1, -0.05) is 43.8 Å². The number of carbonyl (C=O) groups excluding carboxylic acids is 1. The molecule has 3 aliphatic rings. The predicted octanol–water partition coefficient (Wildman–Crippen LogP) is 3.79. The Morgan fingerprint density at radius 2 is 2.18 bits per heavy atom. The van der Waals surface area contributed by atoms with Crippen LogP contribution in [0.25, 0.3) is 0 Å². The molecule has 0 unspecified atom stereocenters. The molecule has 0 aromatic carbocycles. The van der Waals surface area contributed by atoms with Gasteiger partial charge in [-0.3, -0.25) is 0 Å². The minimum atomic E-state index is -1.51. The molecule has 1 fully saturated rings. The molecule has 0 saturated carbocycles. The van der Waals surface area contributed by atoms with Crippen LogP contribution in [0, 0.1) is 11.5 Å². The molecular formula is C21H27NO5Si. The summed E-state index contributed by atoms with van der Waals surface area (Å²) in [6.45, 7) is 6.75. The molecule has 150 valence electrons. The first-order valence-electron chi connectivity index (χ1n) is 9.60. The summed E-state index contributed by atoms with van der Waals surface area (Å²) in [6, 6.07) is 0. The zero-order valence-corrected chi connectivity index (χ0v) is 17.6. The Balaban J connectivity index is 1.53. The standard InChI is InChI=1S/C21H27NO5Si/c1-28(2,3)12-11-17(23)9-10-18-13-22(21(24)26-18)20-15-25-14-19(27-20)16-7-5-4-6-8-16/h4-5,7,14-15,17-18,23H,6,8-10,13H2,1-3H3/t17-,18-/m0/s1. The number of ether oxygens (including phenoxy) is 3. The molecule has 2 atom stereocenters. The number of hydrogen-bond acceptors (Lipinski definition) is 5. The Hall–Kier alpha value is -2.43. The van der Waals surface area contributed by atoms with Gasteiger partial charge in [-0.25, -0.2) is 9.69 Å². The van der Waals surface area contributed by atoms with Crippen molar-refractivity contribution in [3.8, 4) is 11.5 Å². The second-order valence-electron chi connectivity index (χ2n) is 8.06. The molecule has 6 nitrogen and oxygen atoms in total. The Bertz CT molecular complexity index is 794. The Kier molecular flexibility index (Phi) is 6.32. The second kappa shape index (κ2) is 8.72. The monoisotopic (exact) mass is 401 g/mol. The maximum absolute atomic E-state index is 12.3. The summed E-state index contributed by atoms with van der Waals surface area (Å²) >= 11 is 0. The third-order valence-electron chi connectivity index (χ3n) is 4.40. The van der Waals surface area contributed by atoms with Crippen molar-refractivity contribution in [1.29, 1.82) is 0 Å². The number of carbonyl (C=O) groups is 1. The fourth-order valence-corrected chi connectivity index (χ4v) is 3.55. The van der Waals surface area contributed by atoms with Gasteiger partial charge in [0.05, 0.1) is 6.54 Å². The molecule has 28 heavy (non-hydrogen) atoms. The summed E-state index contributed by atoms with van der Waals surface area (Å²) < 4.78 is 16.7. The van der Waals surface area contributed by atoms with Crippen molar-refractivity contribution < 1.29 is 24.1 Å². The molecule has 1 amide bonds. The highest BCUT2D eigenvalue weighted by molar-refractivity contribution is 6.83. The maximum Gasteiger partial charge on any atom is 0.417 e. The van der Waals surface area contributed by atoms with Crippen LogP contribution < -0.4 is 0 Å². The zero-order chi connectivity index (χ0) is 20.1. The molecule has 2 heterocycles. The maximum atomic E-state index is 12.3. The molecule has 3 rings (SSSR count). The molecule has 1 aliphatic carbocycles. The number of allylic oxidation sites excluding steroid dienone is 4. The van der Waals surface area contributed by atoms with Gasteiger partial charge in [0.2, 0.25) is 5.88 Å². The SMILES string of the molecule is C[Si](C)(C)C#C[C@@H](O)CC[C@H]1CN(C2=COC=C(C3=CC=CCC3)O2)C(=O)O1. The number of aliphatic hydroxyl groups is 1. The lowest BCUT2D eigenvalue weighted by Gasteiger charge is -2.23. The first-order chi connectivity index (χ1) is 13.3. The minimum absolute atomic E-state index is 0.313. The molecule has 0 bridgehead atoms. The van der Waals surface area contributed by atoms with Gasteiger partial charge in [0.25, 0.3) is 0 Å². The molecule has 0 aromatic heterocycles. The summed E-state index contributed by atoms with van der Waals surface area (Å²) in [7, 11) is -1.51. The number of cyclic esters (lactones) is 1. The van der Waals surface area contributed by atoms with E-state index in [0.717, 1.165) is 18.4 Å². The van der Waals surface area contributed by atoms with Crippen molar-refractivity contribution in [3.63, 3.8) is 0 Å². The molecule has 2 aliphatic heterocycles. The number of amides is 1. The minimum Gasteiger partial charge on any atom is -0.463 e. The summed E-state index contributed by atoms with van der Waals surface area (Å²) in [5, 5.41) is 10.1. The molecule has 0 aromatic rings. The van der Waals surface area contributed by atoms with Crippen LogP contribution in [0.15, 0.2) is 48.0 Å². The summed E-state index contributed by atoms with van der Waals surface area (Å²) in [5.74, 6) is 3.84.